The summed E-state index contributed by atoms with van der Waals surface area (Å²) in [7, 11) is 0. The van der Waals surface area contributed by atoms with Crippen molar-refractivity contribution in [1.82, 2.24) is 5.43 Å². The van der Waals surface area contributed by atoms with Gasteiger partial charge in [0.15, 0.2) is 0 Å². The van der Waals surface area contributed by atoms with Gasteiger partial charge in [-0.1, -0.05) is 30.5 Å². The zero-order valence-corrected chi connectivity index (χ0v) is 9.80. The van der Waals surface area contributed by atoms with Crippen molar-refractivity contribution in [3.05, 3.63) is 34.6 Å². The number of rotatable bonds is 5. The highest BCUT2D eigenvalue weighted by Crippen LogP contribution is 2.36. The number of hydrogen-bond donors (Lipinski definition) is 2. The molecule has 1 aromatic rings. The molecule has 16 heavy (non-hydrogen) atoms. The smallest absolute Gasteiger partial charge is 0.124 e. The van der Waals surface area contributed by atoms with Crippen LogP contribution in [-0.4, -0.2) is 0 Å². The summed E-state index contributed by atoms with van der Waals surface area (Å²) < 4.78 is 12.9. The molecule has 2 nitrogen and oxygen atoms in total. The van der Waals surface area contributed by atoms with E-state index in [9.17, 15) is 4.39 Å². The second kappa shape index (κ2) is 5.13. The summed E-state index contributed by atoms with van der Waals surface area (Å²) in [5, 5.41) is 0.443. The zero-order chi connectivity index (χ0) is 11.5. The van der Waals surface area contributed by atoms with E-state index in [0.717, 1.165) is 24.3 Å². The van der Waals surface area contributed by atoms with Crippen LogP contribution in [0.2, 0.25) is 5.02 Å². The molecule has 4 heteroatoms. The van der Waals surface area contributed by atoms with Crippen molar-refractivity contribution in [2.75, 3.05) is 0 Å². The van der Waals surface area contributed by atoms with E-state index in [1.807, 2.05) is 0 Å². The lowest BCUT2D eigenvalue weighted by molar-refractivity contribution is 0.481. The van der Waals surface area contributed by atoms with Crippen molar-refractivity contribution in [2.24, 2.45) is 11.8 Å². The van der Waals surface area contributed by atoms with Crippen molar-refractivity contribution in [2.45, 2.75) is 31.7 Å². The number of nitrogens with one attached hydrogen (secondary N) is 1. The van der Waals surface area contributed by atoms with Gasteiger partial charge >= 0.3 is 0 Å². The standard InChI is InChI=1S/C12H16ClFN2/c13-11-7-9(14)4-5-10(11)12(16-15)6-3-8-1-2-8/h4-5,7-8,12,16H,1-3,6,15H2. The normalized spacial score (nSPS) is 17.4. The predicted octanol–water partition coefficient (Wildman–Crippen LogP) is 3.17. The van der Waals surface area contributed by atoms with Crippen molar-refractivity contribution in [3.63, 3.8) is 0 Å². The molecule has 1 aliphatic carbocycles. The van der Waals surface area contributed by atoms with Crippen molar-refractivity contribution < 1.29 is 4.39 Å². The minimum absolute atomic E-state index is 0.0219. The first-order valence-corrected chi connectivity index (χ1v) is 5.99. The molecule has 0 aliphatic heterocycles. The quantitative estimate of drug-likeness (QED) is 0.615. The molecule has 0 heterocycles. The molecule has 0 saturated heterocycles. The highest BCUT2D eigenvalue weighted by atomic mass is 35.5. The van der Waals surface area contributed by atoms with Gasteiger partial charge in [0, 0.05) is 11.1 Å². The summed E-state index contributed by atoms with van der Waals surface area (Å²) in [4.78, 5) is 0. The third-order valence-corrected chi connectivity index (χ3v) is 3.43. The Hall–Kier alpha value is -0.640. The first kappa shape index (κ1) is 11.8. The van der Waals surface area contributed by atoms with Gasteiger partial charge in [0.25, 0.3) is 0 Å². The fraction of sp³-hybridized carbons (Fsp3) is 0.500. The number of nitrogens with two attached hydrogens (primary N) is 1. The van der Waals surface area contributed by atoms with E-state index in [4.69, 9.17) is 17.4 Å². The second-order valence-electron chi connectivity index (χ2n) is 4.41. The van der Waals surface area contributed by atoms with Gasteiger partial charge in [-0.25, -0.2) is 4.39 Å². The van der Waals surface area contributed by atoms with Crippen LogP contribution in [0.25, 0.3) is 0 Å². The Labute approximate surface area is 99.9 Å². The van der Waals surface area contributed by atoms with Gasteiger partial charge in [0.2, 0.25) is 0 Å². The van der Waals surface area contributed by atoms with Crippen LogP contribution in [0, 0.1) is 11.7 Å². The average molecular weight is 243 g/mol. The first-order chi connectivity index (χ1) is 7.70. The van der Waals surface area contributed by atoms with E-state index >= 15 is 0 Å². The summed E-state index contributed by atoms with van der Waals surface area (Å²) >= 11 is 6.00. The van der Waals surface area contributed by atoms with E-state index < -0.39 is 0 Å². The van der Waals surface area contributed by atoms with Crippen molar-refractivity contribution in [3.8, 4) is 0 Å². The monoisotopic (exact) mass is 242 g/mol. The van der Waals surface area contributed by atoms with Crippen LogP contribution < -0.4 is 11.3 Å². The van der Waals surface area contributed by atoms with Gasteiger partial charge in [0.1, 0.15) is 5.82 Å². The Morgan fingerprint density at radius 3 is 2.81 bits per heavy atom. The zero-order valence-electron chi connectivity index (χ0n) is 9.05. The van der Waals surface area contributed by atoms with E-state index in [2.05, 4.69) is 5.43 Å². The van der Waals surface area contributed by atoms with Gasteiger partial charge < -0.3 is 0 Å². The van der Waals surface area contributed by atoms with Gasteiger partial charge in [0.05, 0.1) is 0 Å². The lowest BCUT2D eigenvalue weighted by Gasteiger charge is -2.17. The molecule has 0 amide bonds. The molecule has 0 bridgehead atoms. The molecular formula is C12H16ClFN2. The molecule has 1 fully saturated rings. The minimum Gasteiger partial charge on any atom is -0.271 e. The molecular weight excluding hydrogens is 227 g/mol. The molecule has 1 unspecified atom stereocenters. The fourth-order valence-corrected chi connectivity index (χ4v) is 2.22. The molecule has 1 saturated carbocycles. The van der Waals surface area contributed by atoms with E-state index in [1.165, 1.54) is 25.0 Å². The van der Waals surface area contributed by atoms with Gasteiger partial charge in [-0.05, 0) is 36.5 Å². The summed E-state index contributed by atoms with van der Waals surface area (Å²) in [6, 6.07) is 4.48. The molecule has 0 radical (unpaired) electrons. The average Bonchev–Trinajstić information content (AvgIpc) is 3.05. The number of benzene rings is 1. The second-order valence-corrected chi connectivity index (χ2v) is 4.81. The van der Waals surface area contributed by atoms with Crippen LogP contribution in [-0.2, 0) is 0 Å². The predicted molar refractivity (Wildman–Crippen MR) is 63.4 cm³/mol. The lowest BCUT2D eigenvalue weighted by Crippen LogP contribution is -2.28. The molecule has 1 atom stereocenters. The van der Waals surface area contributed by atoms with Crippen LogP contribution in [0.15, 0.2) is 18.2 Å². The van der Waals surface area contributed by atoms with Gasteiger partial charge in [-0.2, -0.15) is 0 Å². The van der Waals surface area contributed by atoms with E-state index in [0.29, 0.717) is 5.02 Å². The summed E-state index contributed by atoms with van der Waals surface area (Å²) in [6.45, 7) is 0. The maximum Gasteiger partial charge on any atom is 0.124 e. The molecule has 88 valence electrons. The topological polar surface area (TPSA) is 38.0 Å². The van der Waals surface area contributed by atoms with Crippen LogP contribution in [0.4, 0.5) is 4.39 Å². The van der Waals surface area contributed by atoms with Crippen molar-refractivity contribution >= 4 is 11.6 Å². The number of hydrogen-bond acceptors (Lipinski definition) is 2. The van der Waals surface area contributed by atoms with Crippen LogP contribution in [0.3, 0.4) is 0 Å². The Morgan fingerprint density at radius 2 is 2.25 bits per heavy atom. The maximum atomic E-state index is 12.9. The van der Waals surface area contributed by atoms with Crippen LogP contribution >= 0.6 is 11.6 Å². The highest BCUT2D eigenvalue weighted by molar-refractivity contribution is 6.31. The third kappa shape index (κ3) is 2.94. The Balaban J connectivity index is 2.05. The van der Waals surface area contributed by atoms with E-state index in [1.54, 1.807) is 6.07 Å². The van der Waals surface area contributed by atoms with E-state index in [-0.39, 0.29) is 11.9 Å². The first-order valence-electron chi connectivity index (χ1n) is 5.62. The number of halogens is 2. The minimum atomic E-state index is -0.313. The Kier molecular flexibility index (Phi) is 3.79. The molecule has 1 aliphatic rings. The SMILES string of the molecule is NNC(CCC1CC1)c1ccc(F)cc1Cl. The molecule has 1 aromatic carbocycles. The number of hydrazine groups is 1. The summed E-state index contributed by atoms with van der Waals surface area (Å²) in [5.74, 6) is 6.06. The largest absolute Gasteiger partial charge is 0.271 e. The van der Waals surface area contributed by atoms with Gasteiger partial charge in [-0.3, -0.25) is 11.3 Å². The summed E-state index contributed by atoms with van der Waals surface area (Å²) in [5.41, 5.74) is 3.64. The van der Waals surface area contributed by atoms with Gasteiger partial charge in [-0.15, -0.1) is 0 Å². The molecule has 3 N–H and O–H groups in total. The third-order valence-electron chi connectivity index (χ3n) is 3.10. The van der Waals surface area contributed by atoms with Crippen LogP contribution in [0.5, 0.6) is 0 Å². The summed E-state index contributed by atoms with van der Waals surface area (Å²) in [6.07, 6.45) is 4.76. The fourth-order valence-electron chi connectivity index (χ4n) is 1.92. The Morgan fingerprint density at radius 1 is 1.50 bits per heavy atom. The Bertz CT molecular complexity index is 366. The maximum absolute atomic E-state index is 12.9. The highest BCUT2D eigenvalue weighted by Gasteiger charge is 2.23. The molecule has 0 spiro atoms. The molecule has 2 rings (SSSR count). The molecule has 0 aromatic heterocycles. The van der Waals surface area contributed by atoms with Crippen molar-refractivity contribution in [1.29, 1.82) is 0 Å². The lowest BCUT2D eigenvalue weighted by atomic mass is 10.0. The van der Waals surface area contributed by atoms with Crippen LogP contribution in [0.1, 0.15) is 37.3 Å².